The summed E-state index contributed by atoms with van der Waals surface area (Å²) in [4.78, 5) is 35.7. The molecule has 1 N–H and O–H groups in total. The van der Waals surface area contributed by atoms with Gasteiger partial charge in [-0.15, -0.1) is 0 Å². The van der Waals surface area contributed by atoms with Gasteiger partial charge in [-0.25, -0.2) is 4.39 Å². The Kier molecular flexibility index (Phi) is 7.05. The monoisotopic (exact) mass is 405 g/mol. The Bertz CT molecular complexity index is 1020. The van der Waals surface area contributed by atoms with Gasteiger partial charge in [0.05, 0.1) is 6.42 Å². The highest BCUT2D eigenvalue weighted by atomic mass is 19.1. The van der Waals surface area contributed by atoms with Crippen molar-refractivity contribution < 1.29 is 23.5 Å². The Labute approximate surface area is 173 Å². The van der Waals surface area contributed by atoms with E-state index in [0.717, 1.165) is 11.1 Å². The molecule has 0 spiro atoms. The van der Waals surface area contributed by atoms with E-state index in [1.165, 1.54) is 24.3 Å². The number of carbonyl (C=O) groups is 3. The fourth-order valence-electron chi connectivity index (χ4n) is 2.79. The minimum atomic E-state index is -0.653. The van der Waals surface area contributed by atoms with Crippen LogP contribution in [0.1, 0.15) is 23.2 Å². The summed E-state index contributed by atoms with van der Waals surface area (Å²) in [7, 11) is 0. The van der Waals surface area contributed by atoms with E-state index >= 15 is 0 Å². The second kappa shape index (κ2) is 10.1. The van der Waals surface area contributed by atoms with E-state index in [0.29, 0.717) is 11.3 Å². The highest BCUT2D eigenvalue weighted by Gasteiger charge is 2.12. The maximum Gasteiger partial charge on any atom is 0.306 e. The summed E-state index contributed by atoms with van der Waals surface area (Å²) in [5.41, 5.74) is 2.99. The number of amides is 1. The number of ketones is 1. The largest absolute Gasteiger partial charge is 0.456 e. The molecule has 152 valence electrons. The normalized spacial score (nSPS) is 10.3. The summed E-state index contributed by atoms with van der Waals surface area (Å²) in [6.07, 6.45) is -0.234. The van der Waals surface area contributed by atoms with Crippen LogP contribution < -0.4 is 5.32 Å². The quantitative estimate of drug-likeness (QED) is 0.438. The summed E-state index contributed by atoms with van der Waals surface area (Å²) in [5.74, 6) is -1.86. The van der Waals surface area contributed by atoms with Gasteiger partial charge in [-0.2, -0.15) is 0 Å². The van der Waals surface area contributed by atoms with E-state index in [9.17, 15) is 18.8 Å². The molecule has 1 amide bonds. The van der Waals surface area contributed by atoms with Crippen molar-refractivity contribution >= 4 is 23.3 Å². The smallest absolute Gasteiger partial charge is 0.306 e. The standard InChI is InChI=1S/C24H20FNO4/c25-20-10-6-19(7-11-20)22(27)14-15-24(29)30-16-23(28)26-21-12-8-18(9-13-21)17-4-2-1-3-5-17/h1-13H,14-16H2,(H,26,28). The molecule has 0 heterocycles. The molecule has 0 atom stereocenters. The highest BCUT2D eigenvalue weighted by Crippen LogP contribution is 2.21. The van der Waals surface area contributed by atoms with Crippen molar-refractivity contribution in [2.75, 3.05) is 11.9 Å². The van der Waals surface area contributed by atoms with Crippen molar-refractivity contribution in [1.29, 1.82) is 0 Å². The molecule has 6 heteroatoms. The van der Waals surface area contributed by atoms with Crippen molar-refractivity contribution in [3.63, 3.8) is 0 Å². The van der Waals surface area contributed by atoms with Crippen LogP contribution in [0.15, 0.2) is 78.9 Å². The number of hydrogen-bond acceptors (Lipinski definition) is 4. The third-order valence-corrected chi connectivity index (χ3v) is 4.36. The summed E-state index contributed by atoms with van der Waals surface area (Å²) < 4.78 is 17.8. The van der Waals surface area contributed by atoms with Crippen LogP contribution in [0.3, 0.4) is 0 Å². The third-order valence-electron chi connectivity index (χ3n) is 4.36. The first kappa shape index (κ1) is 20.9. The molecule has 3 aromatic rings. The maximum absolute atomic E-state index is 12.9. The Morgan fingerprint density at radius 2 is 1.40 bits per heavy atom. The Hall–Kier alpha value is -3.80. The van der Waals surface area contributed by atoms with Crippen LogP contribution in [0.25, 0.3) is 11.1 Å². The molecule has 0 aliphatic rings. The predicted molar refractivity (Wildman–Crippen MR) is 111 cm³/mol. The molecule has 0 aliphatic heterocycles. The summed E-state index contributed by atoms with van der Waals surface area (Å²) in [6, 6.07) is 22.2. The van der Waals surface area contributed by atoms with Crippen LogP contribution in [0.2, 0.25) is 0 Å². The Balaban J connectivity index is 1.41. The van der Waals surface area contributed by atoms with E-state index in [2.05, 4.69) is 5.32 Å². The van der Waals surface area contributed by atoms with Crippen LogP contribution in [0.5, 0.6) is 0 Å². The zero-order valence-corrected chi connectivity index (χ0v) is 16.1. The second-order valence-electron chi connectivity index (χ2n) is 6.58. The summed E-state index contributed by atoms with van der Waals surface area (Å²) in [5, 5.41) is 2.65. The van der Waals surface area contributed by atoms with Gasteiger partial charge in [-0.3, -0.25) is 14.4 Å². The van der Waals surface area contributed by atoms with Crippen molar-refractivity contribution in [2.45, 2.75) is 12.8 Å². The molecule has 5 nitrogen and oxygen atoms in total. The van der Waals surface area contributed by atoms with Gasteiger partial charge in [0.25, 0.3) is 5.91 Å². The molecule has 0 saturated carbocycles. The fourth-order valence-corrected chi connectivity index (χ4v) is 2.79. The number of nitrogens with one attached hydrogen (secondary N) is 1. The number of hydrogen-bond donors (Lipinski definition) is 1. The van der Waals surface area contributed by atoms with Crippen LogP contribution in [0.4, 0.5) is 10.1 Å². The van der Waals surface area contributed by atoms with Crippen LogP contribution in [0, 0.1) is 5.82 Å². The van der Waals surface area contributed by atoms with Gasteiger partial charge in [0.1, 0.15) is 5.82 Å². The first-order valence-electron chi connectivity index (χ1n) is 9.41. The van der Waals surface area contributed by atoms with Gasteiger partial charge >= 0.3 is 5.97 Å². The third kappa shape index (κ3) is 6.10. The van der Waals surface area contributed by atoms with Crippen molar-refractivity contribution in [3.05, 3.63) is 90.2 Å². The number of ether oxygens (including phenoxy) is 1. The minimum Gasteiger partial charge on any atom is -0.456 e. The summed E-state index contributed by atoms with van der Waals surface area (Å²) in [6.45, 7) is -0.440. The average molecular weight is 405 g/mol. The minimum absolute atomic E-state index is 0.0764. The molecule has 0 aliphatic carbocycles. The summed E-state index contributed by atoms with van der Waals surface area (Å²) >= 11 is 0. The maximum atomic E-state index is 12.9. The van der Waals surface area contributed by atoms with Crippen molar-refractivity contribution in [3.8, 4) is 11.1 Å². The number of Topliss-reactive ketones (excluding diaryl/α,β-unsaturated/α-hetero) is 1. The SMILES string of the molecule is O=C(COC(=O)CCC(=O)c1ccc(F)cc1)Nc1ccc(-c2ccccc2)cc1. The molecule has 0 radical (unpaired) electrons. The predicted octanol–water partition coefficient (Wildman–Crippen LogP) is 4.64. The zero-order chi connectivity index (χ0) is 21.3. The van der Waals surface area contributed by atoms with Crippen LogP contribution in [-0.4, -0.2) is 24.3 Å². The molecule has 0 unspecified atom stereocenters. The number of rotatable bonds is 8. The van der Waals surface area contributed by atoms with Crippen molar-refractivity contribution in [2.24, 2.45) is 0 Å². The number of esters is 1. The lowest BCUT2D eigenvalue weighted by Crippen LogP contribution is -2.21. The van der Waals surface area contributed by atoms with Gasteiger partial charge in [-0.05, 0) is 47.5 Å². The second-order valence-corrected chi connectivity index (χ2v) is 6.58. The highest BCUT2D eigenvalue weighted by molar-refractivity contribution is 5.98. The van der Waals surface area contributed by atoms with Crippen molar-refractivity contribution in [1.82, 2.24) is 0 Å². The number of carbonyl (C=O) groups excluding carboxylic acids is 3. The first-order valence-corrected chi connectivity index (χ1v) is 9.41. The molecular formula is C24H20FNO4. The zero-order valence-electron chi connectivity index (χ0n) is 16.1. The number of halogens is 1. The molecule has 30 heavy (non-hydrogen) atoms. The van der Waals surface area contributed by atoms with Gasteiger partial charge in [0.2, 0.25) is 0 Å². The number of benzene rings is 3. The van der Waals surface area contributed by atoms with Gasteiger partial charge in [0.15, 0.2) is 12.4 Å². The molecule has 0 bridgehead atoms. The van der Waals surface area contributed by atoms with Crippen LogP contribution in [-0.2, 0) is 14.3 Å². The molecule has 0 fully saturated rings. The van der Waals surface area contributed by atoms with Crippen LogP contribution >= 0.6 is 0 Å². The molecular weight excluding hydrogens is 385 g/mol. The lowest BCUT2D eigenvalue weighted by molar-refractivity contribution is -0.147. The van der Waals surface area contributed by atoms with E-state index in [1.807, 2.05) is 42.5 Å². The molecule has 3 rings (SSSR count). The van der Waals surface area contributed by atoms with Gasteiger partial charge < -0.3 is 10.1 Å². The van der Waals surface area contributed by atoms with E-state index in [-0.39, 0.29) is 18.6 Å². The van der Waals surface area contributed by atoms with E-state index in [4.69, 9.17) is 4.74 Å². The molecule has 3 aromatic carbocycles. The average Bonchev–Trinajstić information content (AvgIpc) is 2.77. The van der Waals surface area contributed by atoms with E-state index in [1.54, 1.807) is 12.1 Å². The Morgan fingerprint density at radius 1 is 0.767 bits per heavy atom. The topological polar surface area (TPSA) is 72.5 Å². The van der Waals surface area contributed by atoms with Gasteiger partial charge in [0, 0.05) is 17.7 Å². The number of anilines is 1. The van der Waals surface area contributed by atoms with E-state index < -0.39 is 24.3 Å². The Morgan fingerprint density at radius 3 is 2.07 bits per heavy atom. The lowest BCUT2D eigenvalue weighted by atomic mass is 10.1. The fraction of sp³-hybridized carbons (Fsp3) is 0.125. The lowest BCUT2D eigenvalue weighted by Gasteiger charge is -2.08. The molecule has 0 aromatic heterocycles. The van der Waals surface area contributed by atoms with Gasteiger partial charge in [-0.1, -0.05) is 42.5 Å². The molecule has 0 saturated heterocycles. The first-order chi connectivity index (χ1) is 14.5.